The highest BCUT2D eigenvalue weighted by molar-refractivity contribution is 9.10. The van der Waals surface area contributed by atoms with E-state index in [1.54, 1.807) is 38.2 Å². The van der Waals surface area contributed by atoms with Gasteiger partial charge in [-0.1, -0.05) is 28.1 Å². The summed E-state index contributed by atoms with van der Waals surface area (Å²) >= 11 is 3.44. The fourth-order valence-electron chi connectivity index (χ4n) is 2.47. The van der Waals surface area contributed by atoms with Crippen molar-refractivity contribution in [1.82, 2.24) is 5.32 Å². The molecule has 2 amide bonds. The number of carbonyl (C=O) groups excluding carboxylic acids is 2. The van der Waals surface area contributed by atoms with Crippen molar-refractivity contribution in [3.63, 3.8) is 0 Å². The molecule has 2 aromatic carbocycles. The molecular formula is C19H21BrN2O3. The fourth-order valence-corrected chi connectivity index (χ4v) is 3.16. The Balaban J connectivity index is 2.16. The second-order valence-corrected chi connectivity index (χ2v) is 6.66. The van der Waals surface area contributed by atoms with E-state index < -0.39 is 6.10 Å². The summed E-state index contributed by atoms with van der Waals surface area (Å²) in [6, 6.07) is 10.7. The van der Waals surface area contributed by atoms with Gasteiger partial charge in [-0.25, -0.2) is 0 Å². The highest BCUT2D eigenvalue weighted by atomic mass is 79.9. The van der Waals surface area contributed by atoms with Crippen LogP contribution >= 0.6 is 15.9 Å². The Morgan fingerprint density at radius 2 is 1.72 bits per heavy atom. The van der Waals surface area contributed by atoms with Gasteiger partial charge in [0.05, 0.1) is 11.3 Å². The lowest BCUT2D eigenvalue weighted by atomic mass is 10.1. The molecule has 0 aromatic heterocycles. The van der Waals surface area contributed by atoms with E-state index in [9.17, 15) is 9.59 Å². The average molecular weight is 405 g/mol. The predicted octanol–water partition coefficient (Wildman–Crippen LogP) is 3.83. The number of hydrogen-bond donors (Lipinski definition) is 2. The molecule has 25 heavy (non-hydrogen) atoms. The second-order valence-electron chi connectivity index (χ2n) is 5.74. The molecule has 0 bridgehead atoms. The second kappa shape index (κ2) is 8.16. The summed E-state index contributed by atoms with van der Waals surface area (Å²) in [4.78, 5) is 24.4. The van der Waals surface area contributed by atoms with E-state index in [-0.39, 0.29) is 11.8 Å². The van der Waals surface area contributed by atoms with Gasteiger partial charge >= 0.3 is 0 Å². The van der Waals surface area contributed by atoms with Gasteiger partial charge in [-0.05, 0) is 56.2 Å². The number of para-hydroxylation sites is 1. The molecule has 0 saturated heterocycles. The molecule has 5 nitrogen and oxygen atoms in total. The Morgan fingerprint density at radius 3 is 2.32 bits per heavy atom. The van der Waals surface area contributed by atoms with Crippen molar-refractivity contribution in [2.24, 2.45) is 0 Å². The highest BCUT2D eigenvalue weighted by Crippen LogP contribution is 2.28. The quantitative estimate of drug-likeness (QED) is 0.795. The molecule has 0 saturated carbocycles. The zero-order valence-corrected chi connectivity index (χ0v) is 16.2. The Bertz CT molecular complexity index is 782. The van der Waals surface area contributed by atoms with Gasteiger partial charge in [-0.3, -0.25) is 9.59 Å². The number of amides is 2. The molecular weight excluding hydrogens is 384 g/mol. The summed E-state index contributed by atoms with van der Waals surface area (Å²) in [6.07, 6.45) is -0.712. The van der Waals surface area contributed by atoms with Gasteiger partial charge in [0, 0.05) is 11.5 Å². The third-order valence-corrected chi connectivity index (χ3v) is 4.20. The average Bonchev–Trinajstić information content (AvgIpc) is 2.57. The summed E-state index contributed by atoms with van der Waals surface area (Å²) in [5, 5.41) is 5.32. The van der Waals surface area contributed by atoms with Crippen LogP contribution in [0, 0.1) is 13.8 Å². The lowest BCUT2D eigenvalue weighted by molar-refractivity contribution is -0.122. The Labute approximate surface area is 155 Å². The molecule has 1 atom stereocenters. The van der Waals surface area contributed by atoms with Crippen molar-refractivity contribution in [2.45, 2.75) is 26.9 Å². The van der Waals surface area contributed by atoms with Gasteiger partial charge in [0.25, 0.3) is 11.8 Å². The van der Waals surface area contributed by atoms with Crippen LogP contribution in [0.3, 0.4) is 0 Å². The standard InChI is InChI=1S/C19H21BrN2O3/c1-11-9-14(20)10-12(2)17(11)25-13(3)18(23)22-16-8-6-5-7-15(16)19(24)21-4/h5-10,13H,1-4H3,(H,21,24)(H,22,23). The zero-order chi connectivity index (χ0) is 18.6. The van der Waals surface area contributed by atoms with E-state index >= 15 is 0 Å². The topological polar surface area (TPSA) is 67.4 Å². The van der Waals surface area contributed by atoms with Crippen molar-refractivity contribution in [3.05, 3.63) is 57.6 Å². The van der Waals surface area contributed by atoms with Gasteiger partial charge in [-0.15, -0.1) is 0 Å². The normalized spacial score (nSPS) is 11.6. The fraction of sp³-hybridized carbons (Fsp3) is 0.263. The number of aryl methyl sites for hydroxylation is 2. The monoisotopic (exact) mass is 404 g/mol. The van der Waals surface area contributed by atoms with E-state index in [0.29, 0.717) is 17.0 Å². The van der Waals surface area contributed by atoms with Crippen LogP contribution in [0.4, 0.5) is 5.69 Å². The van der Waals surface area contributed by atoms with Crippen LogP contribution in [0.2, 0.25) is 0 Å². The Kier molecular flexibility index (Phi) is 6.20. The van der Waals surface area contributed by atoms with Gasteiger partial charge in [0.1, 0.15) is 5.75 Å². The molecule has 1 unspecified atom stereocenters. The summed E-state index contributed by atoms with van der Waals surface area (Å²) in [5.74, 6) is 0.104. The maximum absolute atomic E-state index is 12.5. The van der Waals surface area contributed by atoms with E-state index in [1.807, 2.05) is 26.0 Å². The first-order valence-electron chi connectivity index (χ1n) is 7.89. The van der Waals surface area contributed by atoms with E-state index in [0.717, 1.165) is 15.6 Å². The maximum Gasteiger partial charge on any atom is 0.265 e. The number of anilines is 1. The van der Waals surface area contributed by atoms with Crippen LogP contribution in [0.1, 0.15) is 28.4 Å². The van der Waals surface area contributed by atoms with Crippen molar-refractivity contribution in [2.75, 3.05) is 12.4 Å². The smallest absolute Gasteiger partial charge is 0.265 e. The molecule has 0 fully saturated rings. The minimum absolute atomic E-state index is 0.260. The van der Waals surface area contributed by atoms with E-state index in [4.69, 9.17) is 4.74 Å². The summed E-state index contributed by atoms with van der Waals surface area (Å²) in [5.41, 5.74) is 2.74. The zero-order valence-electron chi connectivity index (χ0n) is 14.6. The van der Waals surface area contributed by atoms with E-state index in [2.05, 4.69) is 26.6 Å². The van der Waals surface area contributed by atoms with Crippen molar-refractivity contribution < 1.29 is 14.3 Å². The third-order valence-electron chi connectivity index (χ3n) is 3.75. The van der Waals surface area contributed by atoms with Gasteiger partial charge in [-0.2, -0.15) is 0 Å². The number of carbonyl (C=O) groups is 2. The van der Waals surface area contributed by atoms with Crippen LogP contribution in [0.5, 0.6) is 5.75 Å². The maximum atomic E-state index is 12.5. The van der Waals surface area contributed by atoms with Crippen LogP contribution in [-0.4, -0.2) is 25.0 Å². The molecule has 0 aliphatic rings. The van der Waals surface area contributed by atoms with Gasteiger partial charge in [0.15, 0.2) is 6.10 Å². The molecule has 6 heteroatoms. The van der Waals surface area contributed by atoms with Crippen LogP contribution in [0.25, 0.3) is 0 Å². The first-order valence-corrected chi connectivity index (χ1v) is 8.68. The molecule has 132 valence electrons. The highest BCUT2D eigenvalue weighted by Gasteiger charge is 2.19. The molecule has 0 aliphatic carbocycles. The molecule has 0 radical (unpaired) electrons. The molecule has 0 spiro atoms. The molecule has 2 aromatic rings. The van der Waals surface area contributed by atoms with Crippen molar-refractivity contribution >= 4 is 33.4 Å². The van der Waals surface area contributed by atoms with Gasteiger partial charge < -0.3 is 15.4 Å². The number of nitrogens with one attached hydrogen (secondary N) is 2. The molecule has 2 N–H and O–H groups in total. The first-order chi connectivity index (χ1) is 11.8. The first kappa shape index (κ1) is 19.0. The van der Waals surface area contributed by atoms with Crippen LogP contribution in [-0.2, 0) is 4.79 Å². The summed E-state index contributed by atoms with van der Waals surface area (Å²) in [6.45, 7) is 5.54. The van der Waals surface area contributed by atoms with Crippen LogP contribution in [0.15, 0.2) is 40.9 Å². The Morgan fingerprint density at radius 1 is 1.12 bits per heavy atom. The minimum atomic E-state index is -0.712. The van der Waals surface area contributed by atoms with Crippen LogP contribution < -0.4 is 15.4 Å². The Hall–Kier alpha value is -2.34. The summed E-state index contributed by atoms with van der Waals surface area (Å²) < 4.78 is 6.82. The number of rotatable bonds is 5. The van der Waals surface area contributed by atoms with Gasteiger partial charge in [0.2, 0.25) is 0 Å². The number of halogens is 1. The number of hydrogen-bond acceptors (Lipinski definition) is 3. The molecule has 2 rings (SSSR count). The lowest BCUT2D eigenvalue weighted by Crippen LogP contribution is -2.31. The molecule has 0 aliphatic heterocycles. The number of ether oxygens (including phenoxy) is 1. The van der Waals surface area contributed by atoms with Crippen molar-refractivity contribution in [1.29, 1.82) is 0 Å². The van der Waals surface area contributed by atoms with Crippen molar-refractivity contribution in [3.8, 4) is 5.75 Å². The number of benzene rings is 2. The lowest BCUT2D eigenvalue weighted by Gasteiger charge is -2.19. The summed E-state index contributed by atoms with van der Waals surface area (Å²) in [7, 11) is 1.55. The van der Waals surface area contributed by atoms with E-state index in [1.165, 1.54) is 0 Å². The molecule has 0 heterocycles. The minimum Gasteiger partial charge on any atom is -0.480 e. The predicted molar refractivity (Wildman–Crippen MR) is 102 cm³/mol. The SMILES string of the molecule is CNC(=O)c1ccccc1NC(=O)C(C)Oc1c(C)cc(Br)cc1C. The largest absolute Gasteiger partial charge is 0.480 e. The third kappa shape index (κ3) is 4.60.